The molecule has 3 rings (SSSR count). The number of pyridine rings is 1. The standard InChI is InChI=1S/C21H28N4.HI/c1-21(2)12-10-16(18-8-3-4-9-19(18)21)15-25-20(22)24-14-11-17-7-5-6-13-23-17;/h3-9,13,16H,10-12,14-15H2,1-2H3,(H3,22,24,25);1H. The summed E-state index contributed by atoms with van der Waals surface area (Å²) in [5, 5.41) is 3.20. The number of nitrogens with one attached hydrogen (secondary N) is 1. The maximum Gasteiger partial charge on any atom is 0.188 e. The SMILES string of the molecule is CC1(C)CCC(CN=C(N)NCCc2ccccn2)c2ccccc21.I. The van der Waals surface area contributed by atoms with Crippen LogP contribution in [0.1, 0.15) is 49.4 Å². The van der Waals surface area contributed by atoms with E-state index >= 15 is 0 Å². The van der Waals surface area contributed by atoms with Crippen LogP contribution in [-0.4, -0.2) is 24.0 Å². The average Bonchev–Trinajstić information content (AvgIpc) is 2.62. The highest BCUT2D eigenvalue weighted by Crippen LogP contribution is 2.42. The van der Waals surface area contributed by atoms with Gasteiger partial charge in [-0.2, -0.15) is 0 Å². The molecule has 140 valence electrons. The molecule has 1 aliphatic rings. The van der Waals surface area contributed by atoms with Gasteiger partial charge < -0.3 is 11.1 Å². The quantitative estimate of drug-likeness (QED) is 0.400. The van der Waals surface area contributed by atoms with Crippen LogP contribution in [0.3, 0.4) is 0 Å². The van der Waals surface area contributed by atoms with Crippen LogP contribution in [0.25, 0.3) is 0 Å². The predicted octanol–water partition coefficient (Wildman–Crippen LogP) is 4.00. The predicted molar refractivity (Wildman–Crippen MR) is 119 cm³/mol. The van der Waals surface area contributed by atoms with Gasteiger partial charge in [0.2, 0.25) is 0 Å². The summed E-state index contributed by atoms with van der Waals surface area (Å²) in [6.45, 7) is 6.16. The van der Waals surface area contributed by atoms with Crippen LogP contribution in [0.4, 0.5) is 0 Å². The maximum absolute atomic E-state index is 6.05. The Morgan fingerprint density at radius 1 is 1.23 bits per heavy atom. The Balaban J connectivity index is 0.00000243. The lowest BCUT2D eigenvalue weighted by Gasteiger charge is -2.36. The zero-order chi connectivity index (χ0) is 17.7. The molecule has 0 fully saturated rings. The van der Waals surface area contributed by atoms with Gasteiger partial charge in [0.05, 0.1) is 0 Å². The van der Waals surface area contributed by atoms with Crippen LogP contribution in [-0.2, 0) is 11.8 Å². The molecule has 1 aliphatic carbocycles. The molecule has 0 saturated heterocycles. The van der Waals surface area contributed by atoms with Crippen molar-refractivity contribution in [3.8, 4) is 0 Å². The van der Waals surface area contributed by atoms with Crippen LogP contribution in [0.5, 0.6) is 0 Å². The summed E-state index contributed by atoms with van der Waals surface area (Å²) in [5.41, 5.74) is 10.3. The highest BCUT2D eigenvalue weighted by atomic mass is 127. The Morgan fingerprint density at radius 3 is 2.77 bits per heavy atom. The van der Waals surface area contributed by atoms with Gasteiger partial charge in [0.15, 0.2) is 5.96 Å². The monoisotopic (exact) mass is 464 g/mol. The third-order valence-electron chi connectivity index (χ3n) is 5.14. The van der Waals surface area contributed by atoms with Crippen molar-refractivity contribution in [1.82, 2.24) is 10.3 Å². The number of rotatable bonds is 5. The Kier molecular flexibility index (Phi) is 7.43. The zero-order valence-electron chi connectivity index (χ0n) is 15.6. The first-order valence-electron chi connectivity index (χ1n) is 9.09. The van der Waals surface area contributed by atoms with Gasteiger partial charge in [-0.3, -0.25) is 9.98 Å². The van der Waals surface area contributed by atoms with E-state index in [-0.39, 0.29) is 29.4 Å². The Hall–Kier alpha value is -1.63. The van der Waals surface area contributed by atoms with E-state index in [0.717, 1.165) is 31.6 Å². The van der Waals surface area contributed by atoms with E-state index in [2.05, 4.69) is 53.4 Å². The Morgan fingerprint density at radius 2 is 2.00 bits per heavy atom. The van der Waals surface area contributed by atoms with Crippen molar-refractivity contribution in [3.63, 3.8) is 0 Å². The minimum atomic E-state index is 0. The van der Waals surface area contributed by atoms with Gasteiger partial charge in [0, 0.05) is 37.3 Å². The van der Waals surface area contributed by atoms with Gasteiger partial charge >= 0.3 is 0 Å². The second-order valence-electron chi connectivity index (χ2n) is 7.43. The third-order valence-corrected chi connectivity index (χ3v) is 5.14. The minimum Gasteiger partial charge on any atom is -0.370 e. The molecule has 3 N–H and O–H groups in total. The molecule has 0 aliphatic heterocycles. The van der Waals surface area contributed by atoms with Crippen molar-refractivity contribution in [2.75, 3.05) is 13.1 Å². The fourth-order valence-corrected chi connectivity index (χ4v) is 3.61. The molecule has 1 unspecified atom stereocenters. The number of nitrogens with two attached hydrogens (primary N) is 1. The van der Waals surface area contributed by atoms with Crippen molar-refractivity contribution in [3.05, 3.63) is 65.5 Å². The number of nitrogens with zero attached hydrogens (tertiary/aromatic N) is 2. The smallest absolute Gasteiger partial charge is 0.188 e. The van der Waals surface area contributed by atoms with E-state index in [9.17, 15) is 0 Å². The minimum absolute atomic E-state index is 0. The lowest BCUT2D eigenvalue weighted by Crippen LogP contribution is -2.34. The summed E-state index contributed by atoms with van der Waals surface area (Å²) in [5.74, 6) is 0.985. The molecule has 1 heterocycles. The van der Waals surface area contributed by atoms with E-state index in [1.165, 1.54) is 17.5 Å². The van der Waals surface area contributed by atoms with E-state index < -0.39 is 0 Å². The van der Waals surface area contributed by atoms with Crippen LogP contribution in [0.2, 0.25) is 0 Å². The maximum atomic E-state index is 6.05. The van der Waals surface area contributed by atoms with Crippen molar-refractivity contribution in [2.45, 2.75) is 44.4 Å². The van der Waals surface area contributed by atoms with E-state index in [0.29, 0.717) is 11.9 Å². The second-order valence-corrected chi connectivity index (χ2v) is 7.43. The number of hydrogen-bond acceptors (Lipinski definition) is 2. The normalized spacial score (nSPS) is 18.5. The van der Waals surface area contributed by atoms with Gasteiger partial charge in [0.25, 0.3) is 0 Å². The molecular formula is C21H29IN4. The molecule has 0 saturated carbocycles. The summed E-state index contributed by atoms with van der Waals surface area (Å²) in [6.07, 6.45) is 5.01. The summed E-state index contributed by atoms with van der Waals surface area (Å²) in [7, 11) is 0. The molecule has 5 heteroatoms. The number of halogens is 1. The summed E-state index contributed by atoms with van der Waals surface area (Å²) in [4.78, 5) is 8.90. The number of benzene rings is 1. The first-order chi connectivity index (χ1) is 12.1. The van der Waals surface area contributed by atoms with Crippen molar-refractivity contribution in [1.29, 1.82) is 0 Å². The molecule has 0 bridgehead atoms. The molecule has 1 aromatic heterocycles. The van der Waals surface area contributed by atoms with Gasteiger partial charge in [0.1, 0.15) is 0 Å². The molecule has 2 aromatic rings. The van der Waals surface area contributed by atoms with Crippen LogP contribution in [0, 0.1) is 0 Å². The van der Waals surface area contributed by atoms with E-state index in [1.54, 1.807) is 0 Å². The van der Waals surface area contributed by atoms with Crippen molar-refractivity contribution < 1.29 is 0 Å². The van der Waals surface area contributed by atoms with E-state index in [4.69, 9.17) is 5.73 Å². The average molecular weight is 464 g/mol. The van der Waals surface area contributed by atoms with Gasteiger partial charge in [-0.15, -0.1) is 24.0 Å². The molecule has 0 spiro atoms. The first kappa shape index (κ1) is 20.7. The summed E-state index contributed by atoms with van der Waals surface area (Å²) >= 11 is 0. The van der Waals surface area contributed by atoms with Gasteiger partial charge in [-0.05, 0) is 41.5 Å². The highest BCUT2D eigenvalue weighted by Gasteiger charge is 2.31. The Bertz CT molecular complexity index is 728. The van der Waals surface area contributed by atoms with E-state index in [1.807, 2.05) is 24.4 Å². The fourth-order valence-electron chi connectivity index (χ4n) is 3.61. The highest BCUT2D eigenvalue weighted by molar-refractivity contribution is 14.0. The van der Waals surface area contributed by atoms with Gasteiger partial charge in [-0.1, -0.05) is 44.2 Å². The Labute approximate surface area is 173 Å². The number of fused-ring (bicyclic) bond motifs is 1. The molecule has 26 heavy (non-hydrogen) atoms. The summed E-state index contributed by atoms with van der Waals surface area (Å²) < 4.78 is 0. The van der Waals surface area contributed by atoms with Crippen molar-refractivity contribution in [2.24, 2.45) is 10.7 Å². The first-order valence-corrected chi connectivity index (χ1v) is 9.09. The number of guanidine groups is 1. The lowest BCUT2D eigenvalue weighted by molar-refractivity contribution is 0.395. The van der Waals surface area contributed by atoms with Crippen LogP contribution in [0.15, 0.2) is 53.7 Å². The zero-order valence-corrected chi connectivity index (χ0v) is 17.9. The molecule has 1 aromatic carbocycles. The number of aliphatic imine (C=N–C) groups is 1. The molecule has 1 atom stereocenters. The molecule has 0 amide bonds. The lowest BCUT2D eigenvalue weighted by atomic mass is 9.69. The van der Waals surface area contributed by atoms with Crippen LogP contribution < -0.4 is 11.1 Å². The number of hydrogen-bond donors (Lipinski definition) is 2. The summed E-state index contributed by atoms with van der Waals surface area (Å²) in [6, 6.07) is 14.7. The topological polar surface area (TPSA) is 63.3 Å². The largest absolute Gasteiger partial charge is 0.370 e. The fraction of sp³-hybridized carbons (Fsp3) is 0.429. The van der Waals surface area contributed by atoms with Gasteiger partial charge in [-0.25, -0.2) is 0 Å². The van der Waals surface area contributed by atoms with Crippen LogP contribution >= 0.6 is 24.0 Å². The molecular weight excluding hydrogens is 435 g/mol. The molecule has 0 radical (unpaired) electrons. The number of aromatic nitrogens is 1. The third kappa shape index (κ3) is 5.19. The molecule has 4 nitrogen and oxygen atoms in total. The second kappa shape index (κ2) is 9.35. The van der Waals surface area contributed by atoms with Crippen molar-refractivity contribution >= 4 is 29.9 Å².